The third kappa shape index (κ3) is 3.94. The van der Waals surface area contributed by atoms with Crippen molar-refractivity contribution in [1.29, 1.82) is 0 Å². The quantitative estimate of drug-likeness (QED) is 0.734. The van der Waals surface area contributed by atoms with Crippen LogP contribution < -0.4 is 4.90 Å². The molecule has 1 atom stereocenters. The van der Waals surface area contributed by atoms with Gasteiger partial charge in [0, 0.05) is 30.3 Å². The third-order valence-electron chi connectivity index (χ3n) is 3.78. The molecule has 0 spiro atoms. The van der Waals surface area contributed by atoms with Gasteiger partial charge in [-0.15, -0.1) is 0 Å². The maximum atomic E-state index is 12.5. The molecular formula is C19H23NO. The summed E-state index contributed by atoms with van der Waals surface area (Å²) in [7, 11) is 0. The van der Waals surface area contributed by atoms with E-state index in [2.05, 4.69) is 43.0 Å². The predicted molar refractivity (Wildman–Crippen MR) is 89.0 cm³/mol. The van der Waals surface area contributed by atoms with Gasteiger partial charge in [-0.25, -0.2) is 0 Å². The van der Waals surface area contributed by atoms with E-state index in [9.17, 15) is 4.79 Å². The Balaban J connectivity index is 2.07. The van der Waals surface area contributed by atoms with Crippen molar-refractivity contribution < 1.29 is 4.79 Å². The van der Waals surface area contributed by atoms with Crippen LogP contribution in [0.4, 0.5) is 5.69 Å². The normalized spacial score (nSPS) is 12.0. The number of nitrogens with zero attached hydrogens (tertiary/aromatic N) is 1. The molecule has 0 aliphatic carbocycles. The van der Waals surface area contributed by atoms with Crippen LogP contribution in [0.15, 0.2) is 54.6 Å². The van der Waals surface area contributed by atoms with Crippen molar-refractivity contribution in [2.45, 2.75) is 20.8 Å². The summed E-state index contributed by atoms with van der Waals surface area (Å²) in [5.41, 5.74) is 3.23. The summed E-state index contributed by atoms with van der Waals surface area (Å²) in [4.78, 5) is 14.7. The molecule has 0 heterocycles. The van der Waals surface area contributed by atoms with E-state index in [4.69, 9.17) is 0 Å². The summed E-state index contributed by atoms with van der Waals surface area (Å²) in [6, 6.07) is 18.0. The summed E-state index contributed by atoms with van der Waals surface area (Å²) in [6.07, 6.45) is 0. The molecule has 110 valence electrons. The lowest BCUT2D eigenvalue weighted by Gasteiger charge is -2.26. The second kappa shape index (κ2) is 7.07. The zero-order valence-corrected chi connectivity index (χ0v) is 13.0. The van der Waals surface area contributed by atoms with Crippen molar-refractivity contribution >= 4 is 11.5 Å². The van der Waals surface area contributed by atoms with Gasteiger partial charge in [0.2, 0.25) is 0 Å². The summed E-state index contributed by atoms with van der Waals surface area (Å²) >= 11 is 0. The molecule has 0 radical (unpaired) electrons. The summed E-state index contributed by atoms with van der Waals surface area (Å²) < 4.78 is 0. The van der Waals surface area contributed by atoms with Gasteiger partial charge in [-0.2, -0.15) is 0 Å². The maximum Gasteiger partial charge on any atom is 0.167 e. The smallest absolute Gasteiger partial charge is 0.167 e. The molecule has 2 nitrogen and oxygen atoms in total. The highest BCUT2D eigenvalue weighted by Gasteiger charge is 2.18. The monoisotopic (exact) mass is 281 g/mol. The highest BCUT2D eigenvalue weighted by molar-refractivity contribution is 5.97. The van der Waals surface area contributed by atoms with Crippen molar-refractivity contribution in [3.05, 3.63) is 65.7 Å². The van der Waals surface area contributed by atoms with Crippen LogP contribution in [0.3, 0.4) is 0 Å². The zero-order valence-electron chi connectivity index (χ0n) is 13.0. The summed E-state index contributed by atoms with van der Waals surface area (Å²) in [5.74, 6) is 0.190. The van der Waals surface area contributed by atoms with E-state index in [-0.39, 0.29) is 11.7 Å². The minimum absolute atomic E-state index is 0.0198. The van der Waals surface area contributed by atoms with Crippen molar-refractivity contribution in [2.24, 2.45) is 5.92 Å². The van der Waals surface area contributed by atoms with Gasteiger partial charge in [-0.3, -0.25) is 4.79 Å². The number of hydrogen-bond acceptors (Lipinski definition) is 2. The van der Waals surface area contributed by atoms with Crippen LogP contribution in [0.5, 0.6) is 0 Å². The van der Waals surface area contributed by atoms with E-state index in [1.165, 1.54) is 11.3 Å². The minimum Gasteiger partial charge on any atom is -0.371 e. The fourth-order valence-electron chi connectivity index (χ4n) is 2.47. The van der Waals surface area contributed by atoms with E-state index in [1.54, 1.807) is 0 Å². The van der Waals surface area contributed by atoms with Gasteiger partial charge in [-0.05, 0) is 26.0 Å². The maximum absolute atomic E-state index is 12.5. The standard InChI is InChI=1S/C19H23NO/c1-4-20(18-12-10-15(2)11-13-18)14-16(3)19(21)17-8-6-5-7-9-17/h5-13,16H,4,14H2,1-3H3. The fraction of sp³-hybridized carbons (Fsp3) is 0.316. The average molecular weight is 281 g/mol. The van der Waals surface area contributed by atoms with Crippen LogP contribution in [0.2, 0.25) is 0 Å². The molecule has 0 fully saturated rings. The number of hydrogen-bond donors (Lipinski definition) is 0. The Morgan fingerprint density at radius 2 is 1.67 bits per heavy atom. The first-order valence-corrected chi connectivity index (χ1v) is 7.52. The zero-order chi connectivity index (χ0) is 15.2. The van der Waals surface area contributed by atoms with Gasteiger partial charge in [0.15, 0.2) is 5.78 Å². The van der Waals surface area contributed by atoms with Crippen LogP contribution in [-0.2, 0) is 0 Å². The molecule has 0 saturated heterocycles. The number of ketones is 1. The summed E-state index contributed by atoms with van der Waals surface area (Å²) in [6.45, 7) is 7.86. The second-order valence-electron chi connectivity index (χ2n) is 5.51. The Morgan fingerprint density at radius 3 is 2.24 bits per heavy atom. The van der Waals surface area contributed by atoms with E-state index >= 15 is 0 Å². The molecule has 0 aliphatic heterocycles. The van der Waals surface area contributed by atoms with Crippen LogP contribution in [-0.4, -0.2) is 18.9 Å². The number of benzene rings is 2. The number of carbonyl (C=O) groups excluding carboxylic acids is 1. The molecule has 0 amide bonds. The number of carbonyl (C=O) groups is 1. The SMILES string of the molecule is CCN(CC(C)C(=O)c1ccccc1)c1ccc(C)cc1. The number of anilines is 1. The second-order valence-corrected chi connectivity index (χ2v) is 5.51. The van der Waals surface area contributed by atoms with Crippen LogP contribution in [0.1, 0.15) is 29.8 Å². The van der Waals surface area contributed by atoms with Gasteiger partial charge in [-0.1, -0.05) is 55.0 Å². The van der Waals surface area contributed by atoms with E-state index in [1.807, 2.05) is 37.3 Å². The molecule has 0 bridgehead atoms. The molecule has 2 aromatic carbocycles. The fourth-order valence-corrected chi connectivity index (χ4v) is 2.47. The first-order chi connectivity index (χ1) is 10.1. The predicted octanol–water partition coefficient (Wildman–Crippen LogP) is 4.34. The third-order valence-corrected chi connectivity index (χ3v) is 3.78. The molecule has 21 heavy (non-hydrogen) atoms. The van der Waals surface area contributed by atoms with Gasteiger partial charge < -0.3 is 4.90 Å². The molecule has 0 saturated carbocycles. The molecule has 0 aromatic heterocycles. The average Bonchev–Trinajstić information content (AvgIpc) is 2.53. The Hall–Kier alpha value is -2.09. The van der Waals surface area contributed by atoms with Crippen molar-refractivity contribution in [3.8, 4) is 0 Å². The molecule has 2 aromatic rings. The van der Waals surface area contributed by atoms with Gasteiger partial charge >= 0.3 is 0 Å². The van der Waals surface area contributed by atoms with E-state index in [0.29, 0.717) is 0 Å². The van der Waals surface area contributed by atoms with Crippen LogP contribution in [0.25, 0.3) is 0 Å². The Labute approximate surface area is 127 Å². The lowest BCUT2D eigenvalue weighted by Crippen LogP contribution is -2.31. The lowest BCUT2D eigenvalue weighted by molar-refractivity contribution is 0.0933. The van der Waals surface area contributed by atoms with Crippen molar-refractivity contribution in [3.63, 3.8) is 0 Å². The van der Waals surface area contributed by atoms with Crippen molar-refractivity contribution in [2.75, 3.05) is 18.0 Å². The van der Waals surface area contributed by atoms with E-state index in [0.717, 1.165) is 18.7 Å². The minimum atomic E-state index is -0.0198. The van der Waals surface area contributed by atoms with Gasteiger partial charge in [0.05, 0.1) is 0 Å². The van der Waals surface area contributed by atoms with Crippen LogP contribution >= 0.6 is 0 Å². The largest absolute Gasteiger partial charge is 0.371 e. The molecule has 0 aliphatic rings. The number of Topliss-reactive ketones (excluding diaryl/α,β-unsaturated/α-hetero) is 1. The topological polar surface area (TPSA) is 20.3 Å². The Bertz CT molecular complexity index is 574. The van der Waals surface area contributed by atoms with E-state index < -0.39 is 0 Å². The Morgan fingerprint density at radius 1 is 1.05 bits per heavy atom. The van der Waals surface area contributed by atoms with Gasteiger partial charge in [0.1, 0.15) is 0 Å². The lowest BCUT2D eigenvalue weighted by atomic mass is 9.98. The van der Waals surface area contributed by atoms with Gasteiger partial charge in [0.25, 0.3) is 0 Å². The molecule has 2 heteroatoms. The number of aryl methyl sites for hydroxylation is 1. The van der Waals surface area contributed by atoms with Crippen LogP contribution in [0, 0.1) is 12.8 Å². The highest BCUT2D eigenvalue weighted by Crippen LogP contribution is 2.18. The first-order valence-electron chi connectivity index (χ1n) is 7.52. The van der Waals surface area contributed by atoms with Crippen molar-refractivity contribution in [1.82, 2.24) is 0 Å². The Kier molecular flexibility index (Phi) is 5.15. The molecule has 1 unspecified atom stereocenters. The summed E-state index contributed by atoms with van der Waals surface area (Å²) in [5, 5.41) is 0. The molecular weight excluding hydrogens is 258 g/mol. The number of rotatable bonds is 6. The highest BCUT2D eigenvalue weighted by atomic mass is 16.1. The molecule has 0 N–H and O–H groups in total. The first kappa shape index (κ1) is 15.3. The molecule has 2 rings (SSSR count).